The lowest BCUT2D eigenvalue weighted by Gasteiger charge is -1.99. The van der Waals surface area contributed by atoms with Crippen molar-refractivity contribution in [3.05, 3.63) is 24.3 Å². The zero-order chi connectivity index (χ0) is 15.6. The smallest absolute Gasteiger partial charge is 0.174 e. The Morgan fingerprint density at radius 1 is 0.619 bits per heavy atom. The lowest BCUT2D eigenvalue weighted by Crippen LogP contribution is -1.79. The van der Waals surface area contributed by atoms with Gasteiger partial charge in [-0.25, -0.2) is 0 Å². The van der Waals surface area contributed by atoms with E-state index in [0.717, 1.165) is 18.9 Å². The van der Waals surface area contributed by atoms with Gasteiger partial charge in [0, 0.05) is 0 Å². The minimum atomic E-state index is -1.54. The van der Waals surface area contributed by atoms with Crippen LogP contribution >= 0.6 is 0 Å². The SMILES string of the molecule is CCCCCCCCC=CCCCCCCCC=C(F)F. The van der Waals surface area contributed by atoms with E-state index in [-0.39, 0.29) is 0 Å². The Labute approximate surface area is 130 Å². The van der Waals surface area contributed by atoms with Crippen LogP contribution in [0.3, 0.4) is 0 Å². The first-order valence-electron chi connectivity index (χ1n) is 8.93. The van der Waals surface area contributed by atoms with E-state index in [1.807, 2.05) is 0 Å². The minimum Gasteiger partial charge on any atom is -0.174 e. The minimum absolute atomic E-state index is 0.528. The highest BCUT2D eigenvalue weighted by molar-refractivity contribution is 4.81. The molecule has 124 valence electrons. The Bertz CT molecular complexity index is 252. The van der Waals surface area contributed by atoms with Crippen molar-refractivity contribution < 1.29 is 8.78 Å². The van der Waals surface area contributed by atoms with Crippen LogP contribution in [0, 0.1) is 0 Å². The van der Waals surface area contributed by atoms with Gasteiger partial charge in [0.25, 0.3) is 6.08 Å². The summed E-state index contributed by atoms with van der Waals surface area (Å²) < 4.78 is 23.5. The Morgan fingerprint density at radius 3 is 1.52 bits per heavy atom. The summed E-state index contributed by atoms with van der Waals surface area (Å²) in [6, 6.07) is 0. The van der Waals surface area contributed by atoms with Crippen molar-refractivity contribution in [2.24, 2.45) is 0 Å². The average Bonchev–Trinajstić information content (AvgIpc) is 2.46. The van der Waals surface area contributed by atoms with Crippen molar-refractivity contribution in [2.75, 3.05) is 0 Å². The van der Waals surface area contributed by atoms with Crippen LogP contribution in [0.4, 0.5) is 8.78 Å². The maximum Gasteiger partial charge on any atom is 0.266 e. The van der Waals surface area contributed by atoms with Crippen molar-refractivity contribution >= 4 is 0 Å². The van der Waals surface area contributed by atoms with Gasteiger partial charge in [0.15, 0.2) is 0 Å². The predicted molar refractivity (Wildman–Crippen MR) is 89.8 cm³/mol. The number of hydrogen-bond acceptors (Lipinski definition) is 0. The molecule has 0 spiro atoms. The zero-order valence-corrected chi connectivity index (χ0v) is 13.9. The maximum atomic E-state index is 11.8. The van der Waals surface area contributed by atoms with E-state index >= 15 is 0 Å². The summed E-state index contributed by atoms with van der Waals surface area (Å²) in [5.41, 5.74) is 0. The Morgan fingerprint density at radius 2 is 1.05 bits per heavy atom. The third-order valence-electron chi connectivity index (χ3n) is 3.76. The molecule has 0 radical (unpaired) electrons. The fourth-order valence-corrected chi connectivity index (χ4v) is 2.43. The molecule has 0 heterocycles. The Balaban J connectivity index is 3.10. The van der Waals surface area contributed by atoms with Gasteiger partial charge < -0.3 is 0 Å². The normalized spacial score (nSPS) is 11.2. The van der Waals surface area contributed by atoms with E-state index in [0.29, 0.717) is 6.42 Å². The summed E-state index contributed by atoms with van der Waals surface area (Å²) in [6.07, 6.45) is 20.9. The molecule has 0 aliphatic rings. The van der Waals surface area contributed by atoms with Crippen molar-refractivity contribution in [3.63, 3.8) is 0 Å². The Hall–Kier alpha value is -0.660. The summed E-state index contributed by atoms with van der Waals surface area (Å²) in [5, 5.41) is 0. The topological polar surface area (TPSA) is 0 Å². The molecular formula is C19H34F2. The monoisotopic (exact) mass is 300 g/mol. The fourth-order valence-electron chi connectivity index (χ4n) is 2.43. The van der Waals surface area contributed by atoms with Crippen LogP contribution in [0.15, 0.2) is 24.3 Å². The van der Waals surface area contributed by atoms with E-state index in [4.69, 9.17) is 0 Å². The fraction of sp³-hybridized carbons (Fsp3) is 0.789. The molecule has 0 saturated heterocycles. The van der Waals surface area contributed by atoms with Crippen LogP contribution in [0.5, 0.6) is 0 Å². The second-order valence-electron chi connectivity index (χ2n) is 5.87. The molecule has 0 rings (SSSR count). The maximum absolute atomic E-state index is 11.8. The molecule has 0 aliphatic heterocycles. The molecule has 0 aromatic rings. The zero-order valence-electron chi connectivity index (χ0n) is 13.9. The highest BCUT2D eigenvalue weighted by Gasteiger charge is 1.91. The second kappa shape index (κ2) is 17.4. The van der Waals surface area contributed by atoms with Gasteiger partial charge in [-0.3, -0.25) is 0 Å². The first kappa shape index (κ1) is 20.3. The molecule has 0 bridgehead atoms. The molecule has 0 nitrogen and oxygen atoms in total. The first-order chi connectivity index (χ1) is 10.3. The van der Waals surface area contributed by atoms with E-state index < -0.39 is 6.08 Å². The van der Waals surface area contributed by atoms with Gasteiger partial charge >= 0.3 is 0 Å². The van der Waals surface area contributed by atoms with Crippen molar-refractivity contribution in [3.8, 4) is 0 Å². The average molecular weight is 300 g/mol. The predicted octanol–water partition coefficient (Wildman–Crippen LogP) is 7.80. The van der Waals surface area contributed by atoms with E-state index in [9.17, 15) is 8.78 Å². The summed E-state index contributed by atoms with van der Waals surface area (Å²) >= 11 is 0. The third-order valence-corrected chi connectivity index (χ3v) is 3.76. The van der Waals surface area contributed by atoms with E-state index in [1.165, 1.54) is 70.6 Å². The third kappa shape index (κ3) is 19.3. The molecule has 0 fully saturated rings. The number of hydrogen-bond donors (Lipinski definition) is 0. The molecule has 21 heavy (non-hydrogen) atoms. The van der Waals surface area contributed by atoms with Gasteiger partial charge in [0.1, 0.15) is 0 Å². The molecule has 2 heteroatoms. The van der Waals surface area contributed by atoms with Crippen molar-refractivity contribution in [1.29, 1.82) is 0 Å². The highest BCUT2D eigenvalue weighted by atomic mass is 19.3. The van der Waals surface area contributed by atoms with Crippen LogP contribution in [-0.2, 0) is 0 Å². The number of rotatable bonds is 15. The van der Waals surface area contributed by atoms with Crippen LogP contribution in [0.1, 0.15) is 96.8 Å². The van der Waals surface area contributed by atoms with Gasteiger partial charge in [-0.05, 0) is 44.6 Å². The van der Waals surface area contributed by atoms with Crippen LogP contribution in [-0.4, -0.2) is 0 Å². The van der Waals surface area contributed by atoms with Gasteiger partial charge in [-0.1, -0.05) is 70.4 Å². The van der Waals surface area contributed by atoms with Gasteiger partial charge in [-0.2, -0.15) is 8.78 Å². The standard InChI is InChI=1S/C19H34F2/c1-2-3-4-5-6-7-8-9-10-11-12-13-14-15-16-17-18-19(20)21/h9-10,18H,2-8,11-17H2,1H3. The highest BCUT2D eigenvalue weighted by Crippen LogP contribution is 2.10. The molecule has 0 atom stereocenters. The molecule has 0 amide bonds. The van der Waals surface area contributed by atoms with Crippen molar-refractivity contribution in [2.45, 2.75) is 96.8 Å². The lowest BCUT2D eigenvalue weighted by molar-refractivity contribution is 0.416. The lowest BCUT2D eigenvalue weighted by atomic mass is 10.1. The summed E-state index contributed by atoms with van der Waals surface area (Å²) in [6.45, 7) is 2.25. The molecule has 0 aromatic heterocycles. The quantitative estimate of drug-likeness (QED) is 0.214. The molecule has 0 aromatic carbocycles. The van der Waals surface area contributed by atoms with Gasteiger partial charge in [-0.15, -0.1) is 0 Å². The molecule has 0 aliphatic carbocycles. The first-order valence-corrected chi connectivity index (χ1v) is 8.93. The van der Waals surface area contributed by atoms with E-state index in [1.54, 1.807) is 0 Å². The van der Waals surface area contributed by atoms with Gasteiger partial charge in [0.2, 0.25) is 0 Å². The molecular weight excluding hydrogens is 266 g/mol. The van der Waals surface area contributed by atoms with Crippen LogP contribution in [0.2, 0.25) is 0 Å². The summed E-state index contributed by atoms with van der Waals surface area (Å²) in [5.74, 6) is 0. The second-order valence-corrected chi connectivity index (χ2v) is 5.87. The Kier molecular flexibility index (Phi) is 16.8. The number of halogens is 2. The van der Waals surface area contributed by atoms with Crippen LogP contribution in [0.25, 0.3) is 0 Å². The summed E-state index contributed by atoms with van der Waals surface area (Å²) in [4.78, 5) is 0. The molecule has 0 unspecified atom stereocenters. The molecule has 0 N–H and O–H groups in total. The van der Waals surface area contributed by atoms with Crippen LogP contribution < -0.4 is 0 Å². The molecule has 0 saturated carbocycles. The van der Waals surface area contributed by atoms with E-state index in [2.05, 4.69) is 19.1 Å². The number of allylic oxidation sites excluding steroid dienone is 3. The van der Waals surface area contributed by atoms with Gasteiger partial charge in [0.05, 0.1) is 0 Å². The summed E-state index contributed by atoms with van der Waals surface area (Å²) in [7, 11) is 0. The van der Waals surface area contributed by atoms with Crippen molar-refractivity contribution in [1.82, 2.24) is 0 Å². The largest absolute Gasteiger partial charge is 0.266 e. The number of unbranched alkanes of at least 4 members (excludes halogenated alkanes) is 12.